The first kappa shape index (κ1) is 14.2. The molecule has 0 spiro atoms. The van der Waals surface area contributed by atoms with Crippen molar-refractivity contribution < 1.29 is 9.18 Å². The molecule has 0 radical (unpaired) electrons. The molecule has 3 nitrogen and oxygen atoms in total. The second kappa shape index (κ2) is 5.91. The first-order valence-electron chi connectivity index (χ1n) is 6.30. The summed E-state index contributed by atoms with van der Waals surface area (Å²) in [6, 6.07) is 7.57. The molecular formula is C15H11FN2OS2. The standard InChI is InChI=1S/C15H11FN2OS2/c1-9(13(19)10-2-4-11(16)5-3-10)21-15-12-6-7-20-14(12)17-8-18-15/h2-9H,1H3/t9-/m1/s1. The van der Waals surface area contributed by atoms with Gasteiger partial charge < -0.3 is 0 Å². The van der Waals surface area contributed by atoms with Crippen LogP contribution in [0.15, 0.2) is 47.1 Å². The van der Waals surface area contributed by atoms with Crippen LogP contribution in [0.25, 0.3) is 10.2 Å². The third kappa shape index (κ3) is 2.96. The molecule has 0 bridgehead atoms. The van der Waals surface area contributed by atoms with E-state index in [0.717, 1.165) is 15.2 Å². The minimum atomic E-state index is -0.345. The SMILES string of the molecule is C[C@@H](Sc1ncnc2sccc12)C(=O)c1ccc(F)cc1. The van der Waals surface area contributed by atoms with Crippen LogP contribution in [0.5, 0.6) is 0 Å². The Bertz CT molecular complexity index is 786. The van der Waals surface area contributed by atoms with Crippen LogP contribution in [-0.4, -0.2) is 21.0 Å². The lowest BCUT2D eigenvalue weighted by Crippen LogP contribution is -2.13. The van der Waals surface area contributed by atoms with Crippen molar-refractivity contribution >= 4 is 39.1 Å². The minimum absolute atomic E-state index is 0.0398. The molecule has 2 aromatic heterocycles. The summed E-state index contributed by atoms with van der Waals surface area (Å²) in [7, 11) is 0. The third-order valence-corrected chi connectivity index (χ3v) is 4.95. The van der Waals surface area contributed by atoms with Crippen LogP contribution in [0.4, 0.5) is 4.39 Å². The molecule has 0 aliphatic carbocycles. The number of aromatic nitrogens is 2. The first-order valence-corrected chi connectivity index (χ1v) is 8.06. The summed E-state index contributed by atoms with van der Waals surface area (Å²) < 4.78 is 12.9. The molecule has 0 saturated heterocycles. The van der Waals surface area contributed by atoms with Crippen molar-refractivity contribution in [3.63, 3.8) is 0 Å². The highest BCUT2D eigenvalue weighted by Crippen LogP contribution is 2.31. The van der Waals surface area contributed by atoms with Gasteiger partial charge in [0.15, 0.2) is 5.78 Å². The number of carbonyl (C=O) groups is 1. The predicted molar refractivity (Wildman–Crippen MR) is 83.5 cm³/mol. The number of nitrogens with zero attached hydrogens (tertiary/aromatic N) is 2. The molecule has 0 aliphatic heterocycles. The Labute approximate surface area is 129 Å². The molecule has 2 heterocycles. The van der Waals surface area contributed by atoms with E-state index < -0.39 is 0 Å². The second-order valence-corrected chi connectivity index (χ2v) is 6.67. The summed E-state index contributed by atoms with van der Waals surface area (Å²) >= 11 is 2.94. The van der Waals surface area contributed by atoms with Gasteiger partial charge in [-0.3, -0.25) is 4.79 Å². The van der Waals surface area contributed by atoms with Gasteiger partial charge in [0, 0.05) is 10.9 Å². The Morgan fingerprint density at radius 3 is 2.76 bits per heavy atom. The van der Waals surface area contributed by atoms with Gasteiger partial charge in [-0.2, -0.15) is 0 Å². The Morgan fingerprint density at radius 2 is 2.00 bits per heavy atom. The van der Waals surface area contributed by atoms with Gasteiger partial charge in [-0.05, 0) is 42.6 Å². The highest BCUT2D eigenvalue weighted by atomic mass is 32.2. The van der Waals surface area contributed by atoms with Crippen LogP contribution in [0.1, 0.15) is 17.3 Å². The number of halogens is 1. The number of fused-ring (bicyclic) bond motifs is 1. The van der Waals surface area contributed by atoms with Crippen LogP contribution in [-0.2, 0) is 0 Å². The zero-order chi connectivity index (χ0) is 14.8. The topological polar surface area (TPSA) is 42.9 Å². The molecule has 1 aromatic carbocycles. The van der Waals surface area contributed by atoms with Crippen molar-refractivity contribution in [1.29, 1.82) is 0 Å². The number of hydrogen-bond donors (Lipinski definition) is 0. The quantitative estimate of drug-likeness (QED) is 0.411. The van der Waals surface area contributed by atoms with Gasteiger partial charge in [0.1, 0.15) is 22.0 Å². The molecule has 21 heavy (non-hydrogen) atoms. The lowest BCUT2D eigenvalue weighted by atomic mass is 10.1. The van der Waals surface area contributed by atoms with E-state index in [0.29, 0.717) is 5.56 Å². The number of rotatable bonds is 4. The summed E-state index contributed by atoms with van der Waals surface area (Å²) in [6.45, 7) is 1.83. The van der Waals surface area contributed by atoms with Crippen LogP contribution >= 0.6 is 23.1 Å². The zero-order valence-corrected chi connectivity index (χ0v) is 12.7. The molecule has 6 heteroatoms. The maximum absolute atomic E-state index is 12.9. The highest BCUT2D eigenvalue weighted by Gasteiger charge is 2.18. The molecule has 1 atom stereocenters. The van der Waals surface area contributed by atoms with Gasteiger partial charge in [-0.15, -0.1) is 11.3 Å². The molecule has 0 saturated carbocycles. The van der Waals surface area contributed by atoms with E-state index in [4.69, 9.17) is 0 Å². The molecule has 0 amide bonds. The van der Waals surface area contributed by atoms with Crippen LogP contribution in [0, 0.1) is 5.82 Å². The highest BCUT2D eigenvalue weighted by molar-refractivity contribution is 8.00. The monoisotopic (exact) mass is 318 g/mol. The normalized spacial score (nSPS) is 12.5. The number of thiophene rings is 1. The maximum atomic E-state index is 12.9. The maximum Gasteiger partial charge on any atom is 0.175 e. The lowest BCUT2D eigenvalue weighted by molar-refractivity contribution is 0.0994. The van der Waals surface area contributed by atoms with Gasteiger partial charge in [-0.25, -0.2) is 14.4 Å². The fourth-order valence-corrected chi connectivity index (χ4v) is 3.71. The van der Waals surface area contributed by atoms with Crippen LogP contribution in [0.3, 0.4) is 0 Å². The Kier molecular flexibility index (Phi) is 3.98. The Morgan fingerprint density at radius 1 is 1.24 bits per heavy atom. The van der Waals surface area contributed by atoms with Crippen molar-refractivity contribution in [1.82, 2.24) is 9.97 Å². The molecule has 0 aliphatic rings. The number of ketones is 1. The Balaban J connectivity index is 1.82. The third-order valence-electron chi connectivity index (χ3n) is 3.01. The molecule has 106 valence electrons. The van der Waals surface area contributed by atoms with E-state index in [1.807, 2.05) is 18.4 Å². The molecular weight excluding hydrogens is 307 g/mol. The van der Waals surface area contributed by atoms with E-state index in [1.54, 1.807) is 11.3 Å². The van der Waals surface area contributed by atoms with Gasteiger partial charge in [0.2, 0.25) is 0 Å². The molecule has 0 fully saturated rings. The van der Waals surface area contributed by atoms with Gasteiger partial charge in [-0.1, -0.05) is 11.8 Å². The fraction of sp³-hybridized carbons (Fsp3) is 0.133. The fourth-order valence-electron chi connectivity index (χ4n) is 1.93. The van der Waals surface area contributed by atoms with Crippen molar-refractivity contribution in [2.24, 2.45) is 0 Å². The molecule has 0 N–H and O–H groups in total. The summed E-state index contributed by atoms with van der Waals surface area (Å²) in [5.41, 5.74) is 0.506. The average Bonchev–Trinajstić information content (AvgIpc) is 2.97. The van der Waals surface area contributed by atoms with Gasteiger partial charge in [0.25, 0.3) is 0 Å². The van der Waals surface area contributed by atoms with Crippen molar-refractivity contribution in [3.8, 4) is 0 Å². The smallest absolute Gasteiger partial charge is 0.175 e. The lowest BCUT2D eigenvalue weighted by Gasteiger charge is -2.10. The van der Waals surface area contributed by atoms with E-state index >= 15 is 0 Å². The first-order chi connectivity index (χ1) is 10.1. The molecule has 0 unspecified atom stereocenters. The largest absolute Gasteiger partial charge is 0.293 e. The predicted octanol–water partition coefficient (Wildman–Crippen LogP) is 4.19. The zero-order valence-electron chi connectivity index (χ0n) is 11.1. The number of Topliss-reactive ketones (excluding diaryl/α,β-unsaturated/α-hetero) is 1. The van der Waals surface area contributed by atoms with E-state index in [1.165, 1.54) is 42.4 Å². The average molecular weight is 318 g/mol. The van der Waals surface area contributed by atoms with E-state index in [2.05, 4.69) is 9.97 Å². The number of benzene rings is 1. The van der Waals surface area contributed by atoms with Crippen LogP contribution in [0.2, 0.25) is 0 Å². The summed E-state index contributed by atoms with van der Waals surface area (Å²) in [6.07, 6.45) is 1.51. The van der Waals surface area contributed by atoms with Crippen LogP contribution < -0.4 is 0 Å². The van der Waals surface area contributed by atoms with Crippen molar-refractivity contribution in [2.45, 2.75) is 17.2 Å². The summed E-state index contributed by atoms with van der Waals surface area (Å²) in [5, 5.41) is 3.42. The molecule has 3 rings (SSSR count). The van der Waals surface area contributed by atoms with Gasteiger partial charge in [0.05, 0.1) is 5.25 Å². The number of hydrogen-bond acceptors (Lipinski definition) is 5. The van der Waals surface area contributed by atoms with Crippen molar-refractivity contribution in [3.05, 3.63) is 53.4 Å². The molecule has 3 aromatic rings. The van der Waals surface area contributed by atoms with Gasteiger partial charge >= 0.3 is 0 Å². The summed E-state index contributed by atoms with van der Waals surface area (Å²) in [4.78, 5) is 21.7. The van der Waals surface area contributed by atoms with Crippen molar-refractivity contribution in [2.75, 3.05) is 0 Å². The minimum Gasteiger partial charge on any atom is -0.293 e. The summed E-state index contributed by atoms with van der Waals surface area (Å²) in [5.74, 6) is -0.385. The van der Waals surface area contributed by atoms with E-state index in [9.17, 15) is 9.18 Å². The number of carbonyl (C=O) groups excluding carboxylic acids is 1. The van der Waals surface area contributed by atoms with E-state index in [-0.39, 0.29) is 16.9 Å². The second-order valence-electron chi connectivity index (χ2n) is 4.45. The Hall–Kier alpha value is -1.79. The number of thioether (sulfide) groups is 1.